The van der Waals surface area contributed by atoms with Gasteiger partial charge in [0.25, 0.3) is 0 Å². The van der Waals surface area contributed by atoms with Gasteiger partial charge in [0.1, 0.15) is 11.5 Å². The summed E-state index contributed by atoms with van der Waals surface area (Å²) in [6.07, 6.45) is 11.8. The molecule has 0 amide bonds. The fourth-order valence-electron chi connectivity index (χ4n) is 4.64. The van der Waals surface area contributed by atoms with Crippen LogP contribution in [0.5, 0.6) is 11.5 Å². The molecule has 0 spiro atoms. The van der Waals surface area contributed by atoms with Gasteiger partial charge >= 0.3 is 0 Å². The summed E-state index contributed by atoms with van der Waals surface area (Å²) in [4.78, 5) is 0. The third-order valence-corrected chi connectivity index (χ3v) is 6.67. The van der Waals surface area contributed by atoms with Crippen LogP contribution in [0.4, 0.5) is 5.69 Å². The van der Waals surface area contributed by atoms with Crippen LogP contribution in [-0.2, 0) is 0 Å². The Hall–Kier alpha value is -1.94. The molecular weight excluding hydrogens is 426 g/mol. The molecule has 2 aromatic rings. The van der Waals surface area contributed by atoms with Crippen molar-refractivity contribution in [2.24, 2.45) is 5.92 Å². The van der Waals surface area contributed by atoms with E-state index in [4.69, 9.17) is 4.74 Å². The van der Waals surface area contributed by atoms with Gasteiger partial charge in [-0.25, -0.2) is 0 Å². The molecule has 4 rings (SSSR count). The quantitative estimate of drug-likeness (QED) is 0.323. The van der Waals surface area contributed by atoms with Crippen LogP contribution in [0.15, 0.2) is 53.0 Å². The van der Waals surface area contributed by atoms with E-state index < -0.39 is 0 Å². The van der Waals surface area contributed by atoms with Crippen molar-refractivity contribution < 1.29 is 9.84 Å². The largest absolute Gasteiger partial charge is 0.508 e. The predicted molar refractivity (Wildman–Crippen MR) is 123 cm³/mol. The summed E-state index contributed by atoms with van der Waals surface area (Å²) in [5.41, 5.74) is 3.39. The van der Waals surface area contributed by atoms with Gasteiger partial charge in [-0.05, 0) is 60.7 Å². The average Bonchev–Trinajstić information content (AvgIpc) is 3.22. The lowest BCUT2D eigenvalue weighted by atomic mass is 9.77. The number of ether oxygens (including phenoxy) is 1. The van der Waals surface area contributed by atoms with Crippen molar-refractivity contribution in [1.29, 1.82) is 0 Å². The summed E-state index contributed by atoms with van der Waals surface area (Å²) >= 11 is 3.55. The van der Waals surface area contributed by atoms with E-state index in [0.717, 1.165) is 40.9 Å². The van der Waals surface area contributed by atoms with Gasteiger partial charge in [0.05, 0.1) is 12.6 Å². The van der Waals surface area contributed by atoms with Gasteiger partial charge in [-0.2, -0.15) is 0 Å². The minimum Gasteiger partial charge on any atom is -0.508 e. The van der Waals surface area contributed by atoms with Crippen molar-refractivity contribution in [2.45, 2.75) is 57.4 Å². The topological polar surface area (TPSA) is 41.5 Å². The molecule has 3 atom stereocenters. The van der Waals surface area contributed by atoms with Gasteiger partial charge in [-0.3, -0.25) is 0 Å². The lowest BCUT2D eigenvalue weighted by molar-refractivity contribution is 0.303. The Bertz CT molecular complexity index is 879. The van der Waals surface area contributed by atoms with E-state index in [-0.39, 0.29) is 6.04 Å². The van der Waals surface area contributed by atoms with Gasteiger partial charge in [-0.15, -0.1) is 0 Å². The van der Waals surface area contributed by atoms with Crippen LogP contribution in [0.3, 0.4) is 0 Å². The van der Waals surface area contributed by atoms with Gasteiger partial charge in [0, 0.05) is 21.6 Å². The first-order valence-electron chi connectivity index (χ1n) is 10.9. The number of hydrogen-bond donors (Lipinski definition) is 2. The molecule has 0 aromatic heterocycles. The Morgan fingerprint density at radius 3 is 2.79 bits per heavy atom. The molecule has 0 bridgehead atoms. The van der Waals surface area contributed by atoms with Crippen molar-refractivity contribution >= 4 is 21.6 Å². The minimum absolute atomic E-state index is 0.0883. The third kappa shape index (κ3) is 4.48. The number of nitrogens with one attached hydrogen (secondary N) is 1. The molecular formula is C25H30BrNO2. The molecule has 2 N–H and O–H groups in total. The molecule has 2 aromatic carbocycles. The van der Waals surface area contributed by atoms with E-state index in [0.29, 0.717) is 17.6 Å². The van der Waals surface area contributed by atoms with Crippen LogP contribution in [0.1, 0.15) is 68.5 Å². The highest BCUT2D eigenvalue weighted by molar-refractivity contribution is 9.10. The van der Waals surface area contributed by atoms with E-state index in [1.165, 1.54) is 31.2 Å². The molecule has 4 heteroatoms. The zero-order chi connectivity index (χ0) is 20.2. The number of benzene rings is 2. The van der Waals surface area contributed by atoms with Crippen LogP contribution in [0.2, 0.25) is 0 Å². The Morgan fingerprint density at radius 1 is 1.07 bits per heavy atom. The molecule has 0 saturated heterocycles. The second kappa shape index (κ2) is 9.25. The van der Waals surface area contributed by atoms with Crippen LogP contribution in [0, 0.1) is 5.92 Å². The Balaban J connectivity index is 1.50. The summed E-state index contributed by atoms with van der Waals surface area (Å²) in [5, 5.41) is 14.2. The van der Waals surface area contributed by atoms with Gasteiger partial charge in [-0.1, -0.05) is 60.7 Å². The fraction of sp³-hybridized carbons (Fsp3) is 0.440. The number of anilines is 1. The molecule has 1 aliphatic carbocycles. The van der Waals surface area contributed by atoms with Crippen LogP contribution in [0.25, 0.3) is 0 Å². The lowest BCUT2D eigenvalue weighted by Gasteiger charge is -2.38. The number of hydrogen-bond acceptors (Lipinski definition) is 3. The molecule has 1 aliphatic heterocycles. The van der Waals surface area contributed by atoms with Crippen LogP contribution < -0.4 is 10.1 Å². The monoisotopic (exact) mass is 455 g/mol. The number of fused-ring (bicyclic) bond motifs is 3. The number of halogens is 1. The highest BCUT2D eigenvalue weighted by Gasteiger charge is 2.39. The molecule has 154 valence electrons. The summed E-state index contributed by atoms with van der Waals surface area (Å²) < 4.78 is 7.04. The number of allylic oxidation sites excluding steroid dienone is 2. The van der Waals surface area contributed by atoms with E-state index in [9.17, 15) is 5.11 Å². The summed E-state index contributed by atoms with van der Waals surface area (Å²) in [6.45, 7) is 3.03. The molecule has 0 saturated carbocycles. The maximum absolute atomic E-state index is 10.5. The summed E-state index contributed by atoms with van der Waals surface area (Å²) in [7, 11) is 0. The van der Waals surface area contributed by atoms with Crippen LogP contribution in [-0.4, -0.2) is 11.7 Å². The third-order valence-electron chi connectivity index (χ3n) is 6.18. The molecule has 2 aliphatic rings. The molecule has 3 unspecified atom stereocenters. The van der Waals surface area contributed by atoms with Gasteiger partial charge in [0.2, 0.25) is 0 Å². The Kier molecular flexibility index (Phi) is 6.49. The van der Waals surface area contributed by atoms with E-state index in [1.54, 1.807) is 6.07 Å². The zero-order valence-electron chi connectivity index (χ0n) is 17.0. The first-order valence-corrected chi connectivity index (χ1v) is 11.6. The average molecular weight is 456 g/mol. The van der Waals surface area contributed by atoms with Crippen molar-refractivity contribution in [1.82, 2.24) is 0 Å². The maximum Gasteiger partial charge on any atom is 0.120 e. The molecule has 3 nitrogen and oxygen atoms in total. The first kappa shape index (κ1) is 20.3. The van der Waals surface area contributed by atoms with Crippen molar-refractivity contribution in [3.63, 3.8) is 0 Å². The number of aromatic hydroxyl groups is 1. The lowest BCUT2D eigenvalue weighted by Crippen LogP contribution is -2.29. The van der Waals surface area contributed by atoms with Crippen molar-refractivity contribution in [2.75, 3.05) is 11.9 Å². The predicted octanol–water partition coefficient (Wildman–Crippen LogP) is 7.33. The van der Waals surface area contributed by atoms with E-state index in [1.807, 2.05) is 12.1 Å². The van der Waals surface area contributed by atoms with Crippen molar-refractivity contribution in [3.8, 4) is 11.5 Å². The standard InChI is InChI=1S/C25H30BrNO2/c1-2-3-4-5-6-14-29-18-11-12-23-21(16-18)19-8-7-9-20(19)25(27-23)22-15-17(26)10-13-24(22)28/h7-8,10-13,15-16,19-20,25,27-28H,2-6,9,14H2,1H3. The smallest absolute Gasteiger partial charge is 0.120 e. The second-order valence-corrected chi connectivity index (χ2v) is 9.11. The molecule has 0 radical (unpaired) electrons. The number of unbranched alkanes of at least 4 members (excludes halogenated alkanes) is 4. The second-order valence-electron chi connectivity index (χ2n) is 8.19. The number of phenolic OH excluding ortho intramolecular Hbond substituents is 1. The van der Waals surface area contributed by atoms with E-state index >= 15 is 0 Å². The zero-order valence-corrected chi connectivity index (χ0v) is 18.6. The van der Waals surface area contributed by atoms with E-state index in [2.05, 4.69) is 58.5 Å². The fourth-order valence-corrected chi connectivity index (χ4v) is 5.02. The van der Waals surface area contributed by atoms with Gasteiger partial charge in [0.15, 0.2) is 0 Å². The van der Waals surface area contributed by atoms with Crippen molar-refractivity contribution in [3.05, 3.63) is 64.1 Å². The minimum atomic E-state index is 0.0883. The number of rotatable bonds is 8. The number of phenols is 1. The highest BCUT2D eigenvalue weighted by Crippen LogP contribution is 2.51. The Labute approximate surface area is 182 Å². The van der Waals surface area contributed by atoms with Crippen LogP contribution >= 0.6 is 15.9 Å². The molecule has 29 heavy (non-hydrogen) atoms. The summed E-state index contributed by atoms with van der Waals surface area (Å²) in [6, 6.07) is 12.2. The molecule has 0 fully saturated rings. The summed E-state index contributed by atoms with van der Waals surface area (Å²) in [5.74, 6) is 2.06. The highest BCUT2D eigenvalue weighted by atomic mass is 79.9. The van der Waals surface area contributed by atoms with Gasteiger partial charge < -0.3 is 15.2 Å². The normalized spacial score (nSPS) is 22.1. The Morgan fingerprint density at radius 2 is 1.93 bits per heavy atom. The molecule has 1 heterocycles. The first-order chi connectivity index (χ1) is 14.2. The maximum atomic E-state index is 10.5. The SMILES string of the molecule is CCCCCCCOc1ccc2c(c1)C1C=CCC1C(c1cc(Br)ccc1O)N2.